The van der Waals surface area contributed by atoms with Crippen molar-refractivity contribution in [2.45, 2.75) is 39.7 Å². The van der Waals surface area contributed by atoms with Gasteiger partial charge < -0.3 is 15.0 Å². The number of piperazine rings is 1. The van der Waals surface area contributed by atoms with Crippen molar-refractivity contribution in [2.75, 3.05) is 44.2 Å². The third kappa shape index (κ3) is 5.96. The molecule has 9 heteroatoms. The summed E-state index contributed by atoms with van der Waals surface area (Å²) in [5.41, 5.74) is 0.842. The second kappa shape index (κ2) is 9.78. The second-order valence-corrected chi connectivity index (χ2v) is 8.12. The number of halogens is 1. The highest BCUT2D eigenvalue weighted by atomic mass is 35.5. The highest BCUT2D eigenvalue weighted by molar-refractivity contribution is 6.31. The van der Waals surface area contributed by atoms with Gasteiger partial charge in [-0.3, -0.25) is 4.90 Å². The second-order valence-electron chi connectivity index (χ2n) is 7.76. The van der Waals surface area contributed by atoms with Gasteiger partial charge in [0, 0.05) is 39.3 Å². The maximum atomic E-state index is 11.7. The van der Waals surface area contributed by atoms with E-state index in [1.165, 1.54) is 0 Å². The lowest BCUT2D eigenvalue weighted by Gasteiger charge is -2.36. The number of nitrogens with one attached hydrogen (secondary N) is 1. The molecule has 0 atom stereocenters. The number of alkyl carbamates (subject to hydrolysis) is 1. The van der Waals surface area contributed by atoms with Crippen molar-refractivity contribution < 1.29 is 9.53 Å². The predicted octanol–water partition coefficient (Wildman–Crippen LogP) is 3.37. The number of nitriles is 1. The molecule has 0 aromatic carbocycles. The highest BCUT2D eigenvalue weighted by Gasteiger charge is 2.25. The molecule has 1 saturated heterocycles. The molecule has 8 nitrogen and oxygen atoms in total. The van der Waals surface area contributed by atoms with Gasteiger partial charge >= 0.3 is 6.09 Å². The zero-order valence-electron chi connectivity index (χ0n) is 17.4. The largest absolute Gasteiger partial charge is 0.444 e. The topological polar surface area (TPSA) is 85.8 Å². The summed E-state index contributed by atoms with van der Waals surface area (Å²) in [6, 6.07) is 2.06. The van der Waals surface area contributed by atoms with Crippen molar-refractivity contribution in [1.29, 1.82) is 5.26 Å². The number of hydrogen-bond acceptors (Lipinski definition) is 6. The van der Waals surface area contributed by atoms with Crippen LogP contribution in [0.4, 0.5) is 16.3 Å². The molecule has 0 saturated carbocycles. The number of pyridine rings is 1. The Morgan fingerprint density at radius 1 is 1.38 bits per heavy atom. The van der Waals surface area contributed by atoms with E-state index in [1.807, 2.05) is 32.6 Å². The number of rotatable bonds is 5. The van der Waals surface area contributed by atoms with E-state index < -0.39 is 11.7 Å². The molecule has 1 aromatic rings. The molecule has 1 amide bonds. The molecular formula is C20H27ClN6O2. The number of amides is 1. The monoisotopic (exact) mass is 418 g/mol. The summed E-state index contributed by atoms with van der Waals surface area (Å²) >= 11 is 6.21. The molecule has 0 aliphatic carbocycles. The van der Waals surface area contributed by atoms with E-state index in [9.17, 15) is 10.1 Å². The number of carbonyl (C=O) groups excluding carboxylic acids is 1. The third-order valence-electron chi connectivity index (χ3n) is 4.56. The number of hydrogen-bond donors (Lipinski definition) is 1. The van der Waals surface area contributed by atoms with E-state index in [-0.39, 0.29) is 10.7 Å². The molecule has 0 unspecified atom stereocenters. The van der Waals surface area contributed by atoms with E-state index in [1.54, 1.807) is 0 Å². The van der Waals surface area contributed by atoms with Crippen LogP contribution in [0.25, 0.3) is 4.85 Å². The number of ether oxygens (including phenoxy) is 1. The molecule has 0 bridgehead atoms. The molecule has 2 heterocycles. The third-order valence-corrected chi connectivity index (χ3v) is 4.83. The Morgan fingerprint density at radius 2 is 2.03 bits per heavy atom. The van der Waals surface area contributed by atoms with Gasteiger partial charge in [0.2, 0.25) is 5.69 Å². The molecular weight excluding hydrogens is 392 g/mol. The van der Waals surface area contributed by atoms with E-state index in [0.29, 0.717) is 49.7 Å². The lowest BCUT2D eigenvalue weighted by Crippen LogP contribution is -2.49. The molecule has 1 aliphatic rings. The van der Waals surface area contributed by atoms with Gasteiger partial charge in [0.1, 0.15) is 22.6 Å². The Bertz CT molecular complexity index is 829. The first-order valence-corrected chi connectivity index (χ1v) is 10.0. The maximum absolute atomic E-state index is 11.7. The van der Waals surface area contributed by atoms with E-state index >= 15 is 0 Å². The molecule has 156 valence electrons. The van der Waals surface area contributed by atoms with Crippen LogP contribution < -0.4 is 10.2 Å². The number of aromatic nitrogens is 1. The SMILES string of the molecule is [C-]#[N+]c1c(N2CCN(CCNC(=O)OC(C)(C)C)CC2)nc(Cl)c(C#N)c1CC. The summed E-state index contributed by atoms with van der Waals surface area (Å²) in [6.07, 6.45) is 0.132. The highest BCUT2D eigenvalue weighted by Crippen LogP contribution is 2.36. The van der Waals surface area contributed by atoms with Crippen LogP contribution in [0.2, 0.25) is 5.15 Å². The van der Waals surface area contributed by atoms with Gasteiger partial charge in [-0.1, -0.05) is 18.5 Å². The molecule has 1 aliphatic heterocycles. The van der Waals surface area contributed by atoms with Crippen LogP contribution in [0.3, 0.4) is 0 Å². The minimum Gasteiger partial charge on any atom is -0.444 e. The smallest absolute Gasteiger partial charge is 0.407 e. The Morgan fingerprint density at radius 3 is 2.55 bits per heavy atom. The van der Waals surface area contributed by atoms with Crippen LogP contribution in [0.15, 0.2) is 0 Å². The summed E-state index contributed by atoms with van der Waals surface area (Å²) < 4.78 is 5.23. The molecule has 2 rings (SSSR count). The maximum Gasteiger partial charge on any atom is 0.407 e. The van der Waals surface area contributed by atoms with E-state index in [2.05, 4.69) is 26.1 Å². The van der Waals surface area contributed by atoms with Crippen LogP contribution >= 0.6 is 11.6 Å². The summed E-state index contributed by atoms with van der Waals surface area (Å²) in [5.74, 6) is 0.548. The lowest BCUT2D eigenvalue weighted by molar-refractivity contribution is 0.0521. The number of nitrogens with zero attached hydrogens (tertiary/aromatic N) is 5. The first-order valence-electron chi connectivity index (χ1n) is 9.64. The van der Waals surface area contributed by atoms with Crippen molar-refractivity contribution in [2.24, 2.45) is 0 Å². The molecule has 0 spiro atoms. The Labute approximate surface area is 177 Å². The van der Waals surface area contributed by atoms with Gasteiger partial charge in [0.05, 0.1) is 12.1 Å². The van der Waals surface area contributed by atoms with Crippen LogP contribution in [0.1, 0.15) is 38.8 Å². The Hall–Kier alpha value is -2.55. The average molecular weight is 419 g/mol. The molecule has 1 fully saturated rings. The molecule has 0 radical (unpaired) electrons. The summed E-state index contributed by atoms with van der Waals surface area (Å²) in [5, 5.41) is 12.2. The van der Waals surface area contributed by atoms with Gasteiger partial charge in [-0.25, -0.2) is 14.6 Å². The fraction of sp³-hybridized carbons (Fsp3) is 0.600. The fourth-order valence-electron chi connectivity index (χ4n) is 3.19. The van der Waals surface area contributed by atoms with E-state index in [4.69, 9.17) is 22.9 Å². The Balaban J connectivity index is 1.96. The fourth-order valence-corrected chi connectivity index (χ4v) is 3.43. The van der Waals surface area contributed by atoms with Crippen molar-refractivity contribution >= 4 is 29.2 Å². The lowest BCUT2D eigenvalue weighted by atomic mass is 10.1. The van der Waals surface area contributed by atoms with Gasteiger partial charge in [-0.15, -0.1) is 0 Å². The summed E-state index contributed by atoms with van der Waals surface area (Å²) in [4.78, 5) is 24.0. The Kier molecular flexibility index (Phi) is 7.66. The minimum atomic E-state index is -0.511. The molecule has 29 heavy (non-hydrogen) atoms. The van der Waals surface area contributed by atoms with Gasteiger partial charge in [0.15, 0.2) is 0 Å². The summed E-state index contributed by atoms with van der Waals surface area (Å²) in [7, 11) is 0. The quantitative estimate of drug-likeness (QED) is 0.582. The van der Waals surface area contributed by atoms with Gasteiger partial charge in [0.25, 0.3) is 0 Å². The number of anilines is 1. The standard InChI is InChI=1S/C20H27ClN6O2/c1-6-14-15(13-22)17(21)25-18(16(14)23-5)27-11-9-26(10-12-27)8-7-24-19(28)29-20(2,3)4/h6-12H2,1-4H3,(H,24,28). The van der Waals surface area contributed by atoms with Crippen molar-refractivity contribution in [3.05, 3.63) is 27.7 Å². The molecule has 1 N–H and O–H groups in total. The van der Waals surface area contributed by atoms with Gasteiger partial charge in [-0.2, -0.15) is 5.26 Å². The minimum absolute atomic E-state index is 0.149. The first kappa shape index (κ1) is 22.7. The number of carbonyl (C=O) groups is 1. The van der Waals surface area contributed by atoms with Crippen LogP contribution in [-0.2, 0) is 11.2 Å². The van der Waals surface area contributed by atoms with Crippen molar-refractivity contribution in [3.63, 3.8) is 0 Å². The zero-order valence-corrected chi connectivity index (χ0v) is 18.1. The average Bonchev–Trinajstić information content (AvgIpc) is 2.66. The predicted molar refractivity (Wildman–Crippen MR) is 112 cm³/mol. The first-order chi connectivity index (χ1) is 13.7. The normalized spacial score (nSPS) is 14.8. The molecule has 1 aromatic heterocycles. The summed E-state index contributed by atoms with van der Waals surface area (Å²) in [6.45, 7) is 19.1. The van der Waals surface area contributed by atoms with Crippen molar-refractivity contribution in [1.82, 2.24) is 15.2 Å². The zero-order chi connectivity index (χ0) is 21.6. The van der Waals surface area contributed by atoms with E-state index in [0.717, 1.165) is 13.1 Å². The van der Waals surface area contributed by atoms with Crippen molar-refractivity contribution in [3.8, 4) is 6.07 Å². The van der Waals surface area contributed by atoms with Crippen LogP contribution in [0.5, 0.6) is 0 Å². The van der Waals surface area contributed by atoms with Crippen LogP contribution in [0, 0.1) is 17.9 Å². The van der Waals surface area contributed by atoms with Gasteiger partial charge in [-0.05, 0) is 32.8 Å². The van der Waals surface area contributed by atoms with Crippen LogP contribution in [-0.4, -0.2) is 60.8 Å².